The fourth-order valence-electron chi connectivity index (χ4n) is 1.38. The Balaban J connectivity index is 2.69. The van der Waals surface area contributed by atoms with Crippen LogP contribution in [0.5, 0.6) is 0 Å². The fourth-order valence-corrected chi connectivity index (χ4v) is 1.75. The maximum absolute atomic E-state index is 11.1. The van der Waals surface area contributed by atoms with Crippen LogP contribution < -0.4 is 5.32 Å². The minimum absolute atomic E-state index is 0.0338. The van der Waals surface area contributed by atoms with Crippen molar-refractivity contribution in [3.8, 4) is 0 Å². The summed E-state index contributed by atoms with van der Waals surface area (Å²) in [7, 11) is 0. The average Bonchev–Trinajstić information content (AvgIpc) is 2.26. The highest BCUT2D eigenvalue weighted by Crippen LogP contribution is 2.23. The van der Waals surface area contributed by atoms with E-state index in [2.05, 4.69) is 59.9 Å². The van der Waals surface area contributed by atoms with E-state index in [1.54, 1.807) is 0 Å². The number of hydrogen-bond donors (Lipinski definition) is 2. The Morgan fingerprint density at radius 2 is 1.94 bits per heavy atom. The van der Waals surface area contributed by atoms with Gasteiger partial charge >= 0.3 is 0 Å². The highest BCUT2D eigenvalue weighted by Gasteiger charge is 2.20. The second kappa shape index (κ2) is 5.73. The maximum atomic E-state index is 11.1. The Hall–Kier alpha value is -0.480. The third-order valence-electron chi connectivity index (χ3n) is 2.50. The van der Waals surface area contributed by atoms with Crippen molar-refractivity contribution in [3.05, 3.63) is 34.3 Å². The molecule has 88 valence electrons. The summed E-state index contributed by atoms with van der Waals surface area (Å²) in [5, 5.41) is 2.86. The molecule has 0 bridgehead atoms. The maximum Gasteiger partial charge on any atom is 0.229 e. The molecule has 0 spiro atoms. The highest BCUT2D eigenvalue weighted by molar-refractivity contribution is 9.10. The van der Waals surface area contributed by atoms with Gasteiger partial charge in [-0.1, -0.05) is 41.9 Å². The topological polar surface area (TPSA) is 29.1 Å². The lowest BCUT2D eigenvalue weighted by Crippen LogP contribution is -2.37. The molecule has 0 saturated carbocycles. The van der Waals surface area contributed by atoms with Crippen molar-refractivity contribution >= 4 is 34.5 Å². The molecule has 1 amide bonds. The number of rotatable bonds is 4. The molecule has 0 fully saturated rings. The molecule has 0 aliphatic heterocycles. The minimum Gasteiger partial charge on any atom is -0.355 e. The van der Waals surface area contributed by atoms with Gasteiger partial charge < -0.3 is 5.32 Å². The Morgan fingerprint density at radius 1 is 1.38 bits per heavy atom. The normalized spacial score (nSPS) is 11.2. The number of thiol groups is 1. The third kappa shape index (κ3) is 3.83. The van der Waals surface area contributed by atoms with Gasteiger partial charge in [-0.15, -0.1) is 0 Å². The molecule has 1 N–H and O–H groups in total. The standard InChI is InChI=1S/C12H16BrNOS/c1-12(2,8-14-11(15)7-16)9-3-5-10(13)6-4-9/h3-6,16H,7-8H2,1-2H3,(H,14,15). The predicted octanol–water partition coefficient (Wildman–Crippen LogP) is 2.77. The summed E-state index contributed by atoms with van der Waals surface area (Å²) in [6.07, 6.45) is 0. The average molecular weight is 302 g/mol. The van der Waals surface area contributed by atoms with E-state index in [0.717, 1.165) is 4.47 Å². The fraction of sp³-hybridized carbons (Fsp3) is 0.417. The molecule has 0 aliphatic rings. The van der Waals surface area contributed by atoms with Crippen LogP contribution in [0.1, 0.15) is 19.4 Å². The first-order valence-corrected chi connectivity index (χ1v) is 6.52. The van der Waals surface area contributed by atoms with Crippen LogP contribution in [0.4, 0.5) is 0 Å². The molecular formula is C12H16BrNOS. The van der Waals surface area contributed by atoms with Crippen molar-refractivity contribution in [2.24, 2.45) is 0 Å². The van der Waals surface area contributed by atoms with Gasteiger partial charge in [0, 0.05) is 16.4 Å². The van der Waals surface area contributed by atoms with Crippen LogP contribution in [-0.2, 0) is 10.2 Å². The molecule has 2 nitrogen and oxygen atoms in total. The first-order valence-electron chi connectivity index (χ1n) is 5.09. The number of hydrogen-bond acceptors (Lipinski definition) is 2. The van der Waals surface area contributed by atoms with Gasteiger partial charge in [-0.3, -0.25) is 4.79 Å². The smallest absolute Gasteiger partial charge is 0.229 e. The van der Waals surface area contributed by atoms with Gasteiger partial charge in [0.2, 0.25) is 5.91 Å². The summed E-state index contributed by atoms with van der Waals surface area (Å²) in [6.45, 7) is 4.83. The molecule has 16 heavy (non-hydrogen) atoms. The Morgan fingerprint density at radius 3 is 2.44 bits per heavy atom. The number of carbonyl (C=O) groups is 1. The van der Waals surface area contributed by atoms with E-state index >= 15 is 0 Å². The number of benzene rings is 1. The molecule has 4 heteroatoms. The van der Waals surface area contributed by atoms with Crippen LogP contribution in [0, 0.1) is 0 Å². The molecule has 0 saturated heterocycles. The van der Waals surface area contributed by atoms with Crippen LogP contribution in [0.2, 0.25) is 0 Å². The highest BCUT2D eigenvalue weighted by atomic mass is 79.9. The van der Waals surface area contributed by atoms with Crippen molar-refractivity contribution < 1.29 is 4.79 Å². The quantitative estimate of drug-likeness (QED) is 0.823. The first-order chi connectivity index (χ1) is 7.45. The van der Waals surface area contributed by atoms with E-state index in [0.29, 0.717) is 6.54 Å². The zero-order valence-electron chi connectivity index (χ0n) is 9.46. The lowest BCUT2D eigenvalue weighted by atomic mass is 9.84. The third-order valence-corrected chi connectivity index (χ3v) is 3.31. The molecule has 0 radical (unpaired) electrons. The van der Waals surface area contributed by atoms with Crippen LogP contribution in [-0.4, -0.2) is 18.2 Å². The van der Waals surface area contributed by atoms with Crippen molar-refractivity contribution in [1.82, 2.24) is 5.32 Å². The monoisotopic (exact) mass is 301 g/mol. The van der Waals surface area contributed by atoms with Crippen LogP contribution >= 0.6 is 28.6 Å². The van der Waals surface area contributed by atoms with E-state index < -0.39 is 0 Å². The van der Waals surface area contributed by atoms with Gasteiger partial charge in [0.05, 0.1) is 5.75 Å². The van der Waals surface area contributed by atoms with Gasteiger partial charge in [-0.2, -0.15) is 12.6 Å². The Kier molecular flexibility index (Phi) is 4.87. The predicted molar refractivity (Wildman–Crippen MR) is 74.0 cm³/mol. The van der Waals surface area contributed by atoms with Gasteiger partial charge in [-0.05, 0) is 17.7 Å². The molecule has 0 heterocycles. The zero-order valence-corrected chi connectivity index (χ0v) is 11.9. The van der Waals surface area contributed by atoms with Crippen LogP contribution in [0.3, 0.4) is 0 Å². The summed E-state index contributed by atoms with van der Waals surface area (Å²) in [5.41, 5.74) is 1.13. The summed E-state index contributed by atoms with van der Waals surface area (Å²) in [5.74, 6) is 0.199. The zero-order chi connectivity index (χ0) is 12.2. The largest absolute Gasteiger partial charge is 0.355 e. The van der Waals surface area contributed by atoms with E-state index in [9.17, 15) is 4.79 Å². The van der Waals surface area contributed by atoms with Gasteiger partial charge in [-0.25, -0.2) is 0 Å². The summed E-state index contributed by atoms with van der Waals surface area (Å²) >= 11 is 7.33. The number of carbonyl (C=O) groups excluding carboxylic acids is 1. The van der Waals surface area contributed by atoms with E-state index in [1.165, 1.54) is 5.56 Å². The van der Waals surface area contributed by atoms with Gasteiger partial charge in [0.1, 0.15) is 0 Å². The molecule has 1 aromatic carbocycles. The second-order valence-corrected chi connectivity index (χ2v) is 5.56. The molecule has 0 unspecified atom stereocenters. The SMILES string of the molecule is CC(C)(CNC(=O)CS)c1ccc(Br)cc1. The molecule has 0 atom stereocenters. The van der Waals surface area contributed by atoms with Gasteiger partial charge in [0.25, 0.3) is 0 Å². The van der Waals surface area contributed by atoms with Crippen molar-refractivity contribution in [2.75, 3.05) is 12.3 Å². The van der Waals surface area contributed by atoms with E-state index in [1.807, 2.05) is 12.1 Å². The van der Waals surface area contributed by atoms with Gasteiger partial charge in [0.15, 0.2) is 0 Å². The minimum atomic E-state index is -0.0701. The molecule has 0 aliphatic carbocycles. The lowest BCUT2D eigenvalue weighted by Gasteiger charge is -2.25. The number of nitrogens with one attached hydrogen (secondary N) is 1. The molecule has 1 rings (SSSR count). The van der Waals surface area contributed by atoms with Crippen molar-refractivity contribution in [2.45, 2.75) is 19.3 Å². The molecule has 1 aromatic rings. The second-order valence-electron chi connectivity index (χ2n) is 4.33. The Labute approximate surface area is 110 Å². The molecular weight excluding hydrogens is 286 g/mol. The van der Waals surface area contributed by atoms with E-state index in [-0.39, 0.29) is 17.1 Å². The number of amides is 1. The lowest BCUT2D eigenvalue weighted by molar-refractivity contribution is -0.118. The van der Waals surface area contributed by atoms with E-state index in [4.69, 9.17) is 0 Å². The van der Waals surface area contributed by atoms with Crippen LogP contribution in [0.15, 0.2) is 28.7 Å². The van der Waals surface area contributed by atoms with Crippen LogP contribution in [0.25, 0.3) is 0 Å². The first kappa shape index (κ1) is 13.6. The Bertz CT molecular complexity index is 362. The summed E-state index contributed by atoms with van der Waals surface area (Å²) in [4.78, 5) is 11.1. The number of halogens is 1. The summed E-state index contributed by atoms with van der Waals surface area (Å²) < 4.78 is 1.06. The van der Waals surface area contributed by atoms with Crippen molar-refractivity contribution in [3.63, 3.8) is 0 Å². The summed E-state index contributed by atoms with van der Waals surface area (Å²) in [6, 6.07) is 8.16. The van der Waals surface area contributed by atoms with Crippen molar-refractivity contribution in [1.29, 1.82) is 0 Å². The molecule has 0 aromatic heterocycles.